The van der Waals surface area contributed by atoms with E-state index in [1.807, 2.05) is 4.90 Å². The molecule has 0 aromatic carbocycles. The van der Waals surface area contributed by atoms with Crippen molar-refractivity contribution in [2.24, 2.45) is 23.7 Å². The minimum absolute atomic E-state index is 0.0235. The third-order valence-electron chi connectivity index (χ3n) is 7.29. The summed E-state index contributed by atoms with van der Waals surface area (Å²) < 4.78 is 5.02. The Morgan fingerprint density at radius 3 is 2.31 bits per heavy atom. The Labute approximate surface area is 154 Å². The van der Waals surface area contributed by atoms with Crippen LogP contribution in [0, 0.1) is 23.7 Å². The zero-order chi connectivity index (χ0) is 17.7. The number of fused-ring (bicyclic) bond motifs is 1. The van der Waals surface area contributed by atoms with Crippen molar-refractivity contribution in [2.75, 3.05) is 19.6 Å². The number of likely N-dealkylation sites (tertiary alicyclic amines) is 1. The normalized spacial score (nSPS) is 34.2. The van der Waals surface area contributed by atoms with Gasteiger partial charge in [0.25, 0.3) is 5.91 Å². The van der Waals surface area contributed by atoms with Gasteiger partial charge in [0.15, 0.2) is 0 Å². The van der Waals surface area contributed by atoms with Gasteiger partial charge in [0.05, 0.1) is 11.8 Å². The van der Waals surface area contributed by atoms with Gasteiger partial charge >= 0.3 is 0 Å². The lowest BCUT2D eigenvalue weighted by Crippen LogP contribution is -2.48. The monoisotopic (exact) mass is 356 g/mol. The molecule has 0 spiro atoms. The lowest BCUT2D eigenvalue weighted by atomic mass is 9.68. The predicted octanol–water partition coefficient (Wildman–Crippen LogP) is 3.17. The molecule has 2 amide bonds. The fourth-order valence-electron chi connectivity index (χ4n) is 6.19. The standard InChI is InChI=1S/C21H28N2O3/c24-20(18-3-6-26-13-18)22-4-1-17(2-5-22)21(25)23-12-16-8-14-7-15(9-16)11-19(23)10-14/h3,6,13-17,19H,1-2,4-5,7-12H2. The van der Waals surface area contributed by atoms with Crippen molar-refractivity contribution in [3.05, 3.63) is 24.2 Å². The Balaban J connectivity index is 1.23. The van der Waals surface area contributed by atoms with Crippen LogP contribution in [0.1, 0.15) is 55.3 Å². The highest BCUT2D eigenvalue weighted by Crippen LogP contribution is 2.47. The molecule has 5 fully saturated rings. The summed E-state index contributed by atoms with van der Waals surface area (Å²) in [5.41, 5.74) is 0.607. The van der Waals surface area contributed by atoms with Crippen molar-refractivity contribution in [1.29, 1.82) is 0 Å². The van der Waals surface area contributed by atoms with Crippen molar-refractivity contribution < 1.29 is 14.0 Å². The summed E-state index contributed by atoms with van der Waals surface area (Å²) in [6.07, 6.45) is 11.2. The molecule has 6 rings (SSSR count). The molecule has 2 unspecified atom stereocenters. The predicted molar refractivity (Wildman–Crippen MR) is 96.4 cm³/mol. The van der Waals surface area contributed by atoms with E-state index < -0.39 is 0 Å². The van der Waals surface area contributed by atoms with Crippen LogP contribution in [0.2, 0.25) is 0 Å². The van der Waals surface area contributed by atoms with E-state index in [9.17, 15) is 9.59 Å². The minimum Gasteiger partial charge on any atom is -0.472 e. The zero-order valence-electron chi connectivity index (χ0n) is 15.3. The maximum atomic E-state index is 13.3. The molecule has 2 aliphatic carbocycles. The Morgan fingerprint density at radius 1 is 0.962 bits per heavy atom. The Kier molecular flexibility index (Phi) is 4.06. The first-order chi connectivity index (χ1) is 12.7. The molecule has 2 saturated carbocycles. The second-order valence-corrected chi connectivity index (χ2v) is 9.00. The third kappa shape index (κ3) is 2.85. The molecule has 140 valence electrons. The Bertz CT molecular complexity index is 663. The molecular formula is C21H28N2O3. The van der Waals surface area contributed by atoms with E-state index in [1.54, 1.807) is 6.07 Å². The number of nitrogens with zero attached hydrogens (tertiary/aromatic N) is 2. The van der Waals surface area contributed by atoms with Gasteiger partial charge in [-0.3, -0.25) is 9.59 Å². The van der Waals surface area contributed by atoms with Crippen LogP contribution in [-0.4, -0.2) is 47.3 Å². The van der Waals surface area contributed by atoms with Gasteiger partial charge in [-0.15, -0.1) is 0 Å². The fourth-order valence-corrected chi connectivity index (χ4v) is 6.19. The second-order valence-electron chi connectivity index (χ2n) is 9.00. The first kappa shape index (κ1) is 16.4. The molecule has 5 nitrogen and oxygen atoms in total. The molecular weight excluding hydrogens is 328 g/mol. The maximum Gasteiger partial charge on any atom is 0.257 e. The van der Waals surface area contributed by atoms with Gasteiger partial charge in [0, 0.05) is 31.6 Å². The molecule has 0 radical (unpaired) electrons. The third-order valence-corrected chi connectivity index (χ3v) is 7.29. The van der Waals surface area contributed by atoms with Crippen LogP contribution in [0.25, 0.3) is 0 Å². The van der Waals surface area contributed by atoms with E-state index in [4.69, 9.17) is 4.42 Å². The maximum absolute atomic E-state index is 13.3. The van der Waals surface area contributed by atoms with E-state index in [-0.39, 0.29) is 11.8 Å². The van der Waals surface area contributed by atoms with Gasteiger partial charge in [-0.2, -0.15) is 0 Å². The van der Waals surface area contributed by atoms with E-state index >= 15 is 0 Å². The van der Waals surface area contributed by atoms with Crippen LogP contribution < -0.4 is 0 Å². The SMILES string of the molecule is O=C(c1ccoc1)N1CCC(C(=O)N2CC3CC4CC(C3)CC2C4)CC1. The minimum atomic E-state index is 0.0235. The average molecular weight is 356 g/mol. The summed E-state index contributed by atoms with van der Waals surface area (Å²) in [7, 11) is 0. The quantitative estimate of drug-likeness (QED) is 0.818. The smallest absolute Gasteiger partial charge is 0.257 e. The van der Waals surface area contributed by atoms with E-state index in [0.717, 1.165) is 37.1 Å². The van der Waals surface area contributed by atoms with Gasteiger partial charge < -0.3 is 14.2 Å². The molecule has 0 N–H and O–H groups in total. The summed E-state index contributed by atoms with van der Waals surface area (Å²) in [5.74, 6) is 2.96. The van der Waals surface area contributed by atoms with Gasteiger partial charge in [-0.25, -0.2) is 0 Å². The van der Waals surface area contributed by atoms with Crippen molar-refractivity contribution in [1.82, 2.24) is 9.80 Å². The number of amides is 2. The molecule has 3 aliphatic heterocycles. The topological polar surface area (TPSA) is 53.8 Å². The Hall–Kier alpha value is -1.78. The molecule has 5 aliphatic rings. The van der Waals surface area contributed by atoms with Crippen molar-refractivity contribution in [3.63, 3.8) is 0 Å². The highest BCUT2D eigenvalue weighted by atomic mass is 16.3. The molecule has 4 heterocycles. The first-order valence-corrected chi connectivity index (χ1v) is 10.3. The number of carbonyl (C=O) groups excluding carboxylic acids is 2. The molecule has 5 heteroatoms. The largest absolute Gasteiger partial charge is 0.472 e. The zero-order valence-corrected chi connectivity index (χ0v) is 15.3. The highest BCUT2D eigenvalue weighted by Gasteiger charge is 2.45. The molecule has 2 atom stereocenters. The first-order valence-electron chi connectivity index (χ1n) is 10.3. The van der Waals surface area contributed by atoms with Crippen molar-refractivity contribution in [2.45, 2.75) is 51.0 Å². The molecule has 1 aromatic rings. The number of hydrogen-bond acceptors (Lipinski definition) is 3. The van der Waals surface area contributed by atoms with Crippen LogP contribution in [0.15, 0.2) is 23.0 Å². The molecule has 4 bridgehead atoms. The summed E-state index contributed by atoms with van der Waals surface area (Å²) in [6.45, 7) is 2.34. The summed E-state index contributed by atoms with van der Waals surface area (Å²) in [4.78, 5) is 29.9. The van der Waals surface area contributed by atoms with E-state index in [2.05, 4.69) is 4.90 Å². The summed E-state index contributed by atoms with van der Waals surface area (Å²) >= 11 is 0. The van der Waals surface area contributed by atoms with Crippen molar-refractivity contribution >= 4 is 11.8 Å². The van der Waals surface area contributed by atoms with Crippen LogP contribution in [0.5, 0.6) is 0 Å². The molecule has 1 aromatic heterocycles. The number of hydrogen-bond donors (Lipinski definition) is 0. The average Bonchev–Trinajstić information content (AvgIpc) is 3.12. The van der Waals surface area contributed by atoms with E-state index in [0.29, 0.717) is 30.6 Å². The van der Waals surface area contributed by atoms with Crippen LogP contribution >= 0.6 is 0 Å². The Morgan fingerprint density at radius 2 is 1.65 bits per heavy atom. The van der Waals surface area contributed by atoms with Crippen LogP contribution in [0.4, 0.5) is 0 Å². The van der Waals surface area contributed by atoms with Crippen molar-refractivity contribution in [3.8, 4) is 0 Å². The van der Waals surface area contributed by atoms with Crippen LogP contribution in [0.3, 0.4) is 0 Å². The number of furan rings is 1. The fraction of sp³-hybridized carbons (Fsp3) is 0.714. The lowest BCUT2D eigenvalue weighted by molar-refractivity contribution is -0.139. The summed E-state index contributed by atoms with van der Waals surface area (Å²) in [6, 6.07) is 2.20. The van der Waals surface area contributed by atoms with Gasteiger partial charge in [-0.05, 0) is 68.8 Å². The summed E-state index contributed by atoms with van der Waals surface area (Å²) in [5, 5.41) is 0. The highest BCUT2D eigenvalue weighted by molar-refractivity contribution is 5.94. The number of carbonyl (C=O) groups is 2. The second kappa shape index (κ2) is 6.43. The number of piperidine rings is 1. The number of rotatable bonds is 2. The van der Waals surface area contributed by atoms with Gasteiger partial charge in [-0.1, -0.05) is 0 Å². The molecule has 3 saturated heterocycles. The lowest BCUT2D eigenvalue weighted by Gasteiger charge is -2.40. The van der Waals surface area contributed by atoms with Gasteiger partial charge in [0.2, 0.25) is 5.91 Å². The van der Waals surface area contributed by atoms with Crippen LogP contribution in [-0.2, 0) is 4.79 Å². The van der Waals surface area contributed by atoms with E-state index in [1.165, 1.54) is 44.6 Å². The van der Waals surface area contributed by atoms with Gasteiger partial charge in [0.1, 0.15) is 6.26 Å². The molecule has 26 heavy (non-hydrogen) atoms.